The Morgan fingerprint density at radius 1 is 1.45 bits per heavy atom. The maximum atomic E-state index is 12.6. The van der Waals surface area contributed by atoms with Crippen molar-refractivity contribution in [1.29, 1.82) is 0 Å². The number of sulfonamides is 1. The van der Waals surface area contributed by atoms with Gasteiger partial charge in [-0.25, -0.2) is 13.4 Å². The number of aromatic nitrogens is 2. The molecule has 0 aromatic carbocycles. The monoisotopic (exact) mass is 328 g/mol. The first kappa shape index (κ1) is 15.9. The number of piperazine rings is 1. The normalized spacial score (nSPS) is 28.2. The number of hydrogen-bond acceptors (Lipinski definition) is 5. The van der Waals surface area contributed by atoms with Gasteiger partial charge in [0.2, 0.25) is 10.0 Å². The summed E-state index contributed by atoms with van der Waals surface area (Å²) in [6.07, 6.45) is 6.21. The topological polar surface area (TPSA) is 78.5 Å². The lowest BCUT2D eigenvalue weighted by molar-refractivity contribution is 0.107. The highest BCUT2D eigenvalue weighted by atomic mass is 32.2. The minimum Gasteiger partial charge on any atom is -0.378 e. The quantitative estimate of drug-likeness (QED) is 0.856. The van der Waals surface area contributed by atoms with Crippen molar-refractivity contribution in [3.05, 3.63) is 18.2 Å². The van der Waals surface area contributed by atoms with Crippen LogP contribution < -0.4 is 0 Å². The van der Waals surface area contributed by atoms with Crippen LogP contribution in [0.15, 0.2) is 12.4 Å². The number of aromatic amines is 1. The third-order valence-electron chi connectivity index (χ3n) is 4.56. The molecule has 22 heavy (non-hydrogen) atoms. The van der Waals surface area contributed by atoms with Crippen LogP contribution in [0.5, 0.6) is 0 Å². The molecule has 2 aliphatic rings. The number of imidazole rings is 1. The average Bonchev–Trinajstić information content (AvgIpc) is 3.19. The van der Waals surface area contributed by atoms with Gasteiger partial charge in [-0.1, -0.05) is 0 Å². The van der Waals surface area contributed by atoms with E-state index in [9.17, 15) is 8.42 Å². The van der Waals surface area contributed by atoms with E-state index in [1.807, 2.05) is 7.05 Å². The molecule has 124 valence electrons. The molecular weight excluding hydrogens is 304 g/mol. The lowest BCUT2D eigenvalue weighted by atomic mass is 10.2. The van der Waals surface area contributed by atoms with E-state index in [1.54, 1.807) is 16.7 Å². The van der Waals surface area contributed by atoms with Gasteiger partial charge in [-0.3, -0.25) is 4.90 Å². The molecule has 2 saturated heterocycles. The number of likely N-dealkylation sites (N-methyl/N-ethyl adjacent to an activating group) is 1. The smallest absolute Gasteiger partial charge is 0.214 e. The van der Waals surface area contributed by atoms with Crippen molar-refractivity contribution in [2.45, 2.75) is 31.4 Å². The van der Waals surface area contributed by atoms with E-state index in [0.29, 0.717) is 26.1 Å². The van der Waals surface area contributed by atoms with Gasteiger partial charge in [0.25, 0.3) is 0 Å². The molecule has 0 spiro atoms. The van der Waals surface area contributed by atoms with Crippen LogP contribution in [0.3, 0.4) is 0 Å². The van der Waals surface area contributed by atoms with Crippen molar-refractivity contribution in [3.8, 4) is 0 Å². The van der Waals surface area contributed by atoms with Crippen LogP contribution in [0.2, 0.25) is 0 Å². The second-order valence-corrected chi connectivity index (χ2v) is 8.16. The van der Waals surface area contributed by atoms with Crippen molar-refractivity contribution in [2.24, 2.45) is 0 Å². The summed E-state index contributed by atoms with van der Waals surface area (Å²) in [7, 11) is -1.23. The SMILES string of the molecule is CN1CCN(S(=O)(=O)CC[C@@H]2CCCO2)C[C@@H]1c1ncc[nH]1. The molecule has 0 bridgehead atoms. The van der Waals surface area contributed by atoms with E-state index < -0.39 is 10.0 Å². The average molecular weight is 328 g/mol. The number of H-pyrrole nitrogens is 1. The van der Waals surface area contributed by atoms with Gasteiger partial charge in [-0.2, -0.15) is 4.31 Å². The summed E-state index contributed by atoms with van der Waals surface area (Å²) in [6.45, 7) is 2.48. The number of ether oxygens (including phenoxy) is 1. The number of nitrogens with zero attached hydrogens (tertiary/aromatic N) is 3. The first-order valence-electron chi connectivity index (χ1n) is 7.85. The lowest BCUT2D eigenvalue weighted by Gasteiger charge is -2.37. The number of hydrogen-bond donors (Lipinski definition) is 1. The van der Waals surface area contributed by atoms with Gasteiger partial charge >= 0.3 is 0 Å². The Morgan fingerprint density at radius 2 is 2.32 bits per heavy atom. The number of rotatable bonds is 5. The minimum absolute atomic E-state index is 0.0127. The first-order chi connectivity index (χ1) is 10.6. The molecular formula is C14H24N4O3S. The second kappa shape index (κ2) is 6.66. The highest BCUT2D eigenvalue weighted by Crippen LogP contribution is 2.24. The van der Waals surface area contributed by atoms with Crippen LogP contribution in [0.1, 0.15) is 31.1 Å². The van der Waals surface area contributed by atoms with Crippen molar-refractivity contribution in [1.82, 2.24) is 19.2 Å². The van der Waals surface area contributed by atoms with Crippen LogP contribution in [-0.2, 0) is 14.8 Å². The van der Waals surface area contributed by atoms with Crippen LogP contribution in [0.4, 0.5) is 0 Å². The Labute approximate surface area is 131 Å². The first-order valence-corrected chi connectivity index (χ1v) is 9.46. The molecule has 0 radical (unpaired) electrons. The molecule has 1 N–H and O–H groups in total. The molecule has 0 amide bonds. The number of nitrogens with one attached hydrogen (secondary N) is 1. The van der Waals surface area contributed by atoms with E-state index in [-0.39, 0.29) is 17.9 Å². The van der Waals surface area contributed by atoms with E-state index >= 15 is 0 Å². The zero-order valence-corrected chi connectivity index (χ0v) is 13.8. The van der Waals surface area contributed by atoms with Crippen LogP contribution in [0, 0.1) is 0 Å². The Hall–Kier alpha value is -0.960. The Balaban J connectivity index is 1.63. The van der Waals surface area contributed by atoms with Gasteiger partial charge < -0.3 is 9.72 Å². The van der Waals surface area contributed by atoms with Crippen molar-refractivity contribution < 1.29 is 13.2 Å². The molecule has 2 aliphatic heterocycles. The third-order valence-corrected chi connectivity index (χ3v) is 6.43. The Morgan fingerprint density at radius 3 is 3.00 bits per heavy atom. The summed E-state index contributed by atoms with van der Waals surface area (Å²) in [5.74, 6) is 0.994. The molecule has 3 rings (SSSR count). The predicted molar refractivity (Wildman–Crippen MR) is 82.9 cm³/mol. The molecule has 8 heteroatoms. The fourth-order valence-electron chi connectivity index (χ4n) is 3.14. The summed E-state index contributed by atoms with van der Waals surface area (Å²) in [6, 6.07) is -0.0127. The van der Waals surface area contributed by atoms with Gasteiger partial charge in [0.05, 0.1) is 17.9 Å². The zero-order valence-electron chi connectivity index (χ0n) is 12.9. The third kappa shape index (κ3) is 3.51. The summed E-state index contributed by atoms with van der Waals surface area (Å²) in [5, 5.41) is 0. The van der Waals surface area contributed by atoms with Gasteiger partial charge in [0.1, 0.15) is 5.82 Å². The standard InChI is InChI=1S/C14H24N4O3S/c1-17-7-8-18(11-13(17)14-15-5-6-16-14)22(19,20)10-4-12-3-2-9-21-12/h5-6,12-13H,2-4,7-11H2,1H3,(H,15,16)/t12-,13+/m0/s1. The molecule has 0 aliphatic carbocycles. The van der Waals surface area contributed by atoms with E-state index in [0.717, 1.165) is 25.3 Å². The molecule has 1 aromatic heterocycles. The van der Waals surface area contributed by atoms with E-state index in [2.05, 4.69) is 14.9 Å². The molecule has 1 aromatic rings. The van der Waals surface area contributed by atoms with Crippen molar-refractivity contribution in [3.63, 3.8) is 0 Å². The van der Waals surface area contributed by atoms with Gasteiger partial charge in [-0.15, -0.1) is 0 Å². The van der Waals surface area contributed by atoms with Crippen molar-refractivity contribution >= 4 is 10.0 Å². The highest BCUT2D eigenvalue weighted by Gasteiger charge is 2.34. The zero-order chi connectivity index (χ0) is 15.6. The van der Waals surface area contributed by atoms with E-state index in [4.69, 9.17) is 4.74 Å². The maximum absolute atomic E-state index is 12.6. The molecule has 0 saturated carbocycles. The highest BCUT2D eigenvalue weighted by molar-refractivity contribution is 7.89. The second-order valence-electron chi connectivity index (χ2n) is 6.07. The molecule has 0 unspecified atom stereocenters. The van der Waals surface area contributed by atoms with E-state index in [1.165, 1.54) is 0 Å². The molecule has 2 atom stereocenters. The van der Waals surface area contributed by atoms with Gasteiger partial charge in [0.15, 0.2) is 0 Å². The molecule has 3 heterocycles. The summed E-state index contributed by atoms with van der Waals surface area (Å²) in [5.41, 5.74) is 0. The van der Waals surface area contributed by atoms with Crippen LogP contribution in [-0.4, -0.2) is 72.7 Å². The van der Waals surface area contributed by atoms with Crippen LogP contribution in [0.25, 0.3) is 0 Å². The summed E-state index contributed by atoms with van der Waals surface area (Å²) in [4.78, 5) is 9.51. The Bertz CT molecular complexity index is 569. The van der Waals surface area contributed by atoms with Gasteiger partial charge in [0, 0.05) is 38.6 Å². The predicted octanol–water partition coefficient (Wildman–Crippen LogP) is 0.597. The summed E-state index contributed by atoms with van der Waals surface area (Å²) < 4.78 is 32.3. The molecule has 2 fully saturated rings. The Kier molecular flexibility index (Phi) is 4.82. The fourth-order valence-corrected chi connectivity index (χ4v) is 4.68. The largest absolute Gasteiger partial charge is 0.378 e. The minimum atomic E-state index is -3.23. The molecule has 7 nitrogen and oxygen atoms in total. The summed E-state index contributed by atoms with van der Waals surface area (Å²) >= 11 is 0. The van der Waals surface area contributed by atoms with Crippen LogP contribution >= 0.6 is 0 Å². The fraction of sp³-hybridized carbons (Fsp3) is 0.786. The maximum Gasteiger partial charge on any atom is 0.214 e. The lowest BCUT2D eigenvalue weighted by Crippen LogP contribution is -2.50. The van der Waals surface area contributed by atoms with Gasteiger partial charge in [-0.05, 0) is 26.3 Å². The van der Waals surface area contributed by atoms with Crippen molar-refractivity contribution in [2.75, 3.05) is 39.0 Å².